The molecule has 1 aliphatic rings. The smallest absolute Gasteiger partial charge is 0.261 e. The average Bonchev–Trinajstić information content (AvgIpc) is 3.27. The first-order chi connectivity index (χ1) is 15.1. The van der Waals surface area contributed by atoms with Crippen LogP contribution in [0.5, 0.6) is 11.5 Å². The molecule has 0 radical (unpaired) electrons. The number of ether oxygens (including phenoxy) is 2. The third-order valence-corrected chi connectivity index (χ3v) is 5.39. The molecule has 0 aliphatic carbocycles. The summed E-state index contributed by atoms with van der Waals surface area (Å²) < 4.78 is 29.9. The average molecular weight is 424 g/mol. The van der Waals surface area contributed by atoms with E-state index in [2.05, 4.69) is 4.98 Å². The standard InChI is InChI=1S/C24H25FN2O4/c1-29-19-9-11-20(12-10-19)30-16-23(28)27-13-3-2-4-22(27)24-26-15-21(31-24)14-17-5-7-18(25)8-6-17/h5-12,15,22H,2-4,13-14,16H2,1H3/t22-/m1/s1. The Morgan fingerprint density at radius 3 is 2.61 bits per heavy atom. The topological polar surface area (TPSA) is 64.8 Å². The number of piperidine rings is 1. The fourth-order valence-electron chi connectivity index (χ4n) is 3.75. The van der Waals surface area contributed by atoms with E-state index in [4.69, 9.17) is 13.9 Å². The van der Waals surface area contributed by atoms with Crippen molar-refractivity contribution < 1.29 is 23.1 Å². The minimum Gasteiger partial charge on any atom is -0.497 e. The number of methoxy groups -OCH3 is 1. The van der Waals surface area contributed by atoms with Crippen molar-refractivity contribution in [1.29, 1.82) is 0 Å². The highest BCUT2D eigenvalue weighted by Gasteiger charge is 2.31. The molecule has 3 aromatic rings. The van der Waals surface area contributed by atoms with Crippen LogP contribution in [-0.2, 0) is 11.2 Å². The van der Waals surface area contributed by atoms with Crippen LogP contribution < -0.4 is 9.47 Å². The molecular weight excluding hydrogens is 399 g/mol. The molecule has 31 heavy (non-hydrogen) atoms. The molecule has 1 amide bonds. The molecule has 0 bridgehead atoms. The summed E-state index contributed by atoms with van der Waals surface area (Å²) in [6.45, 7) is 0.594. The van der Waals surface area contributed by atoms with Crippen LogP contribution in [-0.4, -0.2) is 36.1 Å². The van der Waals surface area contributed by atoms with Crippen molar-refractivity contribution >= 4 is 5.91 Å². The number of nitrogens with zero attached hydrogens (tertiary/aromatic N) is 2. The molecular formula is C24H25FN2O4. The second kappa shape index (κ2) is 9.64. The Hall–Kier alpha value is -3.35. The van der Waals surface area contributed by atoms with Gasteiger partial charge in [0.1, 0.15) is 29.1 Å². The number of aromatic nitrogens is 1. The van der Waals surface area contributed by atoms with Gasteiger partial charge in [-0.05, 0) is 61.2 Å². The summed E-state index contributed by atoms with van der Waals surface area (Å²) in [5.74, 6) is 2.20. The summed E-state index contributed by atoms with van der Waals surface area (Å²) in [5.41, 5.74) is 0.938. The lowest BCUT2D eigenvalue weighted by molar-refractivity contribution is -0.137. The van der Waals surface area contributed by atoms with Gasteiger partial charge >= 0.3 is 0 Å². The van der Waals surface area contributed by atoms with Crippen molar-refractivity contribution in [2.24, 2.45) is 0 Å². The van der Waals surface area contributed by atoms with Gasteiger partial charge in [-0.3, -0.25) is 4.79 Å². The van der Waals surface area contributed by atoms with Crippen LogP contribution in [0.25, 0.3) is 0 Å². The number of benzene rings is 2. The highest BCUT2D eigenvalue weighted by molar-refractivity contribution is 5.78. The highest BCUT2D eigenvalue weighted by atomic mass is 19.1. The fraction of sp³-hybridized carbons (Fsp3) is 0.333. The lowest BCUT2D eigenvalue weighted by Crippen LogP contribution is -2.41. The Morgan fingerprint density at radius 2 is 1.87 bits per heavy atom. The Morgan fingerprint density at radius 1 is 1.13 bits per heavy atom. The summed E-state index contributed by atoms with van der Waals surface area (Å²) in [6, 6.07) is 13.2. The van der Waals surface area contributed by atoms with Crippen LogP contribution in [0.3, 0.4) is 0 Å². The number of carbonyl (C=O) groups excluding carboxylic acids is 1. The molecule has 0 N–H and O–H groups in total. The van der Waals surface area contributed by atoms with E-state index in [-0.39, 0.29) is 24.4 Å². The Bertz CT molecular complexity index is 1000. The SMILES string of the molecule is COc1ccc(OCC(=O)N2CCCC[C@@H]2c2ncc(Cc3ccc(F)cc3)o2)cc1. The monoisotopic (exact) mass is 424 g/mol. The van der Waals surface area contributed by atoms with Crippen LogP contribution in [0.15, 0.2) is 59.1 Å². The molecule has 0 saturated carbocycles. The minimum absolute atomic E-state index is 0.0496. The zero-order chi connectivity index (χ0) is 21.6. The van der Waals surface area contributed by atoms with Crippen molar-refractivity contribution in [3.63, 3.8) is 0 Å². The largest absolute Gasteiger partial charge is 0.497 e. The first-order valence-electron chi connectivity index (χ1n) is 10.4. The number of carbonyl (C=O) groups is 1. The number of oxazole rings is 1. The molecule has 0 spiro atoms. The highest BCUT2D eigenvalue weighted by Crippen LogP contribution is 2.31. The molecule has 6 nitrogen and oxygen atoms in total. The van der Waals surface area contributed by atoms with E-state index in [0.717, 1.165) is 30.6 Å². The number of hydrogen-bond donors (Lipinski definition) is 0. The Balaban J connectivity index is 1.40. The van der Waals surface area contributed by atoms with Gasteiger partial charge < -0.3 is 18.8 Å². The molecule has 1 atom stereocenters. The van der Waals surface area contributed by atoms with Gasteiger partial charge in [-0.15, -0.1) is 0 Å². The third-order valence-electron chi connectivity index (χ3n) is 5.39. The third kappa shape index (κ3) is 5.23. The van der Waals surface area contributed by atoms with Crippen LogP contribution >= 0.6 is 0 Å². The van der Waals surface area contributed by atoms with Gasteiger partial charge in [-0.25, -0.2) is 9.37 Å². The van der Waals surface area contributed by atoms with E-state index in [0.29, 0.717) is 30.4 Å². The molecule has 1 aliphatic heterocycles. The zero-order valence-corrected chi connectivity index (χ0v) is 17.4. The number of rotatable bonds is 7. The molecule has 1 aromatic heterocycles. The summed E-state index contributed by atoms with van der Waals surface area (Å²) in [6.07, 6.45) is 4.94. The van der Waals surface area contributed by atoms with Crippen molar-refractivity contribution in [2.45, 2.75) is 31.7 Å². The second-order valence-corrected chi connectivity index (χ2v) is 7.53. The molecule has 4 rings (SSSR count). The lowest BCUT2D eigenvalue weighted by Gasteiger charge is -2.33. The number of amides is 1. The van der Waals surface area contributed by atoms with Gasteiger partial charge in [0.25, 0.3) is 5.91 Å². The Kier molecular flexibility index (Phi) is 6.50. The van der Waals surface area contributed by atoms with E-state index < -0.39 is 0 Å². The van der Waals surface area contributed by atoms with E-state index in [1.54, 1.807) is 54.6 Å². The second-order valence-electron chi connectivity index (χ2n) is 7.53. The zero-order valence-electron chi connectivity index (χ0n) is 17.4. The maximum atomic E-state index is 13.1. The summed E-state index contributed by atoms with van der Waals surface area (Å²) in [7, 11) is 1.60. The predicted octanol–water partition coefficient (Wildman–Crippen LogP) is 4.55. The molecule has 162 valence electrons. The molecule has 2 heterocycles. The van der Waals surface area contributed by atoms with Crippen molar-refractivity contribution in [2.75, 3.05) is 20.3 Å². The summed E-state index contributed by atoms with van der Waals surface area (Å²) in [5, 5.41) is 0. The predicted molar refractivity (Wildman–Crippen MR) is 113 cm³/mol. The Labute approximate surface area is 180 Å². The quantitative estimate of drug-likeness (QED) is 0.557. The van der Waals surface area contributed by atoms with Crippen LogP contribution in [0.4, 0.5) is 4.39 Å². The number of hydrogen-bond acceptors (Lipinski definition) is 5. The van der Waals surface area contributed by atoms with Crippen molar-refractivity contribution in [3.05, 3.63) is 77.8 Å². The molecule has 2 aromatic carbocycles. The summed E-state index contributed by atoms with van der Waals surface area (Å²) in [4.78, 5) is 19.1. The molecule has 7 heteroatoms. The first-order valence-corrected chi connectivity index (χ1v) is 10.4. The van der Waals surface area contributed by atoms with Gasteiger partial charge in [-0.1, -0.05) is 12.1 Å². The van der Waals surface area contributed by atoms with Crippen LogP contribution in [0, 0.1) is 5.82 Å². The number of halogens is 1. The van der Waals surface area contributed by atoms with E-state index in [1.807, 2.05) is 0 Å². The lowest BCUT2D eigenvalue weighted by atomic mass is 10.0. The molecule has 1 saturated heterocycles. The molecule has 1 fully saturated rings. The van der Waals surface area contributed by atoms with Gasteiger partial charge in [0.05, 0.1) is 13.3 Å². The number of likely N-dealkylation sites (tertiary alicyclic amines) is 1. The van der Waals surface area contributed by atoms with Gasteiger partial charge in [0.15, 0.2) is 6.61 Å². The van der Waals surface area contributed by atoms with E-state index >= 15 is 0 Å². The normalized spacial score (nSPS) is 16.2. The van der Waals surface area contributed by atoms with Gasteiger partial charge in [0, 0.05) is 13.0 Å². The first kappa shape index (κ1) is 20.9. The van der Waals surface area contributed by atoms with Gasteiger partial charge in [0.2, 0.25) is 5.89 Å². The van der Waals surface area contributed by atoms with Crippen LogP contribution in [0.2, 0.25) is 0 Å². The van der Waals surface area contributed by atoms with Crippen LogP contribution in [0.1, 0.15) is 42.5 Å². The maximum Gasteiger partial charge on any atom is 0.261 e. The summed E-state index contributed by atoms with van der Waals surface area (Å²) >= 11 is 0. The van der Waals surface area contributed by atoms with Crippen molar-refractivity contribution in [3.8, 4) is 11.5 Å². The van der Waals surface area contributed by atoms with E-state index in [1.165, 1.54) is 12.1 Å². The van der Waals surface area contributed by atoms with Crippen molar-refractivity contribution in [1.82, 2.24) is 9.88 Å². The molecule has 0 unspecified atom stereocenters. The van der Waals surface area contributed by atoms with Gasteiger partial charge in [-0.2, -0.15) is 0 Å². The minimum atomic E-state index is -0.268. The maximum absolute atomic E-state index is 13.1. The fourth-order valence-corrected chi connectivity index (χ4v) is 3.75. The van der Waals surface area contributed by atoms with E-state index in [9.17, 15) is 9.18 Å².